The van der Waals surface area contributed by atoms with Crippen molar-refractivity contribution in [2.75, 3.05) is 13.7 Å². The quantitative estimate of drug-likeness (QED) is 0.583. The van der Waals surface area contributed by atoms with Gasteiger partial charge in [0.25, 0.3) is 0 Å². The zero-order valence-corrected chi connectivity index (χ0v) is 14.9. The highest BCUT2D eigenvalue weighted by atomic mass is 32.2. The van der Waals surface area contributed by atoms with Crippen molar-refractivity contribution in [3.05, 3.63) is 0 Å². The van der Waals surface area contributed by atoms with Crippen molar-refractivity contribution in [3.63, 3.8) is 0 Å². The fraction of sp³-hybridized carbons (Fsp3) is 0.938. The van der Waals surface area contributed by atoms with Gasteiger partial charge in [0.2, 0.25) is 10.0 Å². The second-order valence-corrected chi connectivity index (χ2v) is 9.08. The van der Waals surface area contributed by atoms with E-state index in [0.29, 0.717) is 12.8 Å². The average molecular weight is 346 g/mol. The van der Waals surface area contributed by atoms with E-state index in [1.54, 1.807) is 0 Å². The molecule has 0 saturated heterocycles. The lowest BCUT2D eigenvalue weighted by atomic mass is 9.89. The Kier molecular flexibility index (Phi) is 6.45. The van der Waals surface area contributed by atoms with Crippen molar-refractivity contribution in [1.29, 1.82) is 0 Å². The molecule has 0 bridgehead atoms. The van der Waals surface area contributed by atoms with Gasteiger partial charge < -0.3 is 10.5 Å². The second-order valence-electron chi connectivity index (χ2n) is 7.10. The summed E-state index contributed by atoms with van der Waals surface area (Å²) in [5.74, 6) is -0.980. The molecule has 0 aromatic rings. The van der Waals surface area contributed by atoms with Gasteiger partial charge in [0, 0.05) is 12.1 Å². The fourth-order valence-corrected chi connectivity index (χ4v) is 5.71. The summed E-state index contributed by atoms with van der Waals surface area (Å²) in [5, 5.41) is -0.696. The Balaban J connectivity index is 2.03. The number of carbonyl (C=O) groups is 1. The first kappa shape index (κ1) is 18.7. The van der Waals surface area contributed by atoms with Crippen LogP contribution in [0.1, 0.15) is 64.2 Å². The maximum Gasteiger partial charge on any atom is 0.310 e. The lowest BCUT2D eigenvalue weighted by Gasteiger charge is -2.32. The summed E-state index contributed by atoms with van der Waals surface area (Å²) in [6, 6.07) is 0. The minimum absolute atomic E-state index is 0.264. The van der Waals surface area contributed by atoms with Gasteiger partial charge in [0.05, 0.1) is 18.3 Å². The summed E-state index contributed by atoms with van der Waals surface area (Å²) in [6.07, 6.45) is 8.90. The Labute approximate surface area is 139 Å². The normalized spacial score (nSPS) is 28.8. The molecule has 0 aromatic carbocycles. The van der Waals surface area contributed by atoms with Gasteiger partial charge in [-0.25, -0.2) is 13.1 Å². The number of carbonyl (C=O) groups excluding carboxylic acids is 1. The highest BCUT2D eigenvalue weighted by Crippen LogP contribution is 2.31. The number of esters is 1. The molecule has 23 heavy (non-hydrogen) atoms. The summed E-state index contributed by atoms with van der Waals surface area (Å²) in [6.45, 7) is 0.264. The molecule has 2 fully saturated rings. The average Bonchev–Trinajstić information content (AvgIpc) is 2.78. The highest BCUT2D eigenvalue weighted by molar-refractivity contribution is 7.90. The van der Waals surface area contributed by atoms with Crippen molar-refractivity contribution >= 4 is 16.0 Å². The van der Waals surface area contributed by atoms with Crippen LogP contribution in [0.15, 0.2) is 0 Å². The van der Waals surface area contributed by atoms with E-state index in [-0.39, 0.29) is 6.54 Å². The van der Waals surface area contributed by atoms with Crippen LogP contribution >= 0.6 is 0 Å². The van der Waals surface area contributed by atoms with E-state index in [1.807, 2.05) is 0 Å². The van der Waals surface area contributed by atoms with Crippen LogP contribution in [0.2, 0.25) is 0 Å². The summed E-state index contributed by atoms with van der Waals surface area (Å²) in [5.41, 5.74) is 5.94. The standard InChI is InChI=1S/C16H30N2O4S/c1-22-15(19)13-8-4-5-9-14(13)23(20,21)18-12-16(17)10-6-2-3-7-11-16/h13-14,18H,2-12,17H2,1H3. The minimum Gasteiger partial charge on any atom is -0.469 e. The van der Waals surface area contributed by atoms with Crippen LogP contribution in [0.4, 0.5) is 0 Å². The molecule has 0 radical (unpaired) electrons. The van der Waals surface area contributed by atoms with Crippen molar-refractivity contribution in [2.45, 2.75) is 75.0 Å². The van der Waals surface area contributed by atoms with Gasteiger partial charge in [0.15, 0.2) is 0 Å². The van der Waals surface area contributed by atoms with Crippen LogP contribution in [-0.4, -0.2) is 38.8 Å². The third kappa shape index (κ3) is 4.90. The molecule has 2 aliphatic rings. The number of rotatable bonds is 5. The highest BCUT2D eigenvalue weighted by Gasteiger charge is 2.41. The Morgan fingerprint density at radius 1 is 1.13 bits per heavy atom. The topological polar surface area (TPSA) is 98.5 Å². The van der Waals surface area contributed by atoms with Crippen LogP contribution in [0.25, 0.3) is 0 Å². The van der Waals surface area contributed by atoms with Crippen molar-refractivity contribution in [3.8, 4) is 0 Å². The van der Waals surface area contributed by atoms with Crippen LogP contribution in [0.5, 0.6) is 0 Å². The van der Waals surface area contributed by atoms with Crippen LogP contribution in [-0.2, 0) is 19.6 Å². The molecule has 2 aliphatic carbocycles. The van der Waals surface area contributed by atoms with Crippen LogP contribution < -0.4 is 10.5 Å². The zero-order chi connectivity index (χ0) is 16.9. The molecular formula is C16H30N2O4S. The van der Waals surface area contributed by atoms with E-state index in [0.717, 1.165) is 38.5 Å². The van der Waals surface area contributed by atoms with Crippen LogP contribution in [0.3, 0.4) is 0 Å². The minimum atomic E-state index is -3.57. The fourth-order valence-electron chi connectivity index (χ4n) is 3.85. The first-order valence-corrected chi connectivity index (χ1v) is 10.3. The summed E-state index contributed by atoms with van der Waals surface area (Å²) in [4.78, 5) is 11.9. The molecule has 7 heteroatoms. The molecule has 0 amide bonds. The predicted octanol–water partition coefficient (Wildman–Crippen LogP) is 1.69. The van der Waals surface area contributed by atoms with Crippen molar-refractivity contribution in [2.24, 2.45) is 11.7 Å². The van der Waals surface area contributed by atoms with E-state index < -0.39 is 32.7 Å². The zero-order valence-electron chi connectivity index (χ0n) is 14.1. The smallest absolute Gasteiger partial charge is 0.310 e. The van der Waals surface area contributed by atoms with Gasteiger partial charge >= 0.3 is 5.97 Å². The third-order valence-corrected chi connectivity index (χ3v) is 7.24. The summed E-state index contributed by atoms with van der Waals surface area (Å²) >= 11 is 0. The van der Waals surface area contributed by atoms with E-state index >= 15 is 0 Å². The van der Waals surface area contributed by atoms with E-state index in [2.05, 4.69) is 4.72 Å². The van der Waals surface area contributed by atoms with Crippen molar-refractivity contribution < 1.29 is 17.9 Å². The Morgan fingerprint density at radius 2 is 1.74 bits per heavy atom. The van der Waals surface area contributed by atoms with Gasteiger partial charge in [-0.2, -0.15) is 0 Å². The molecule has 2 rings (SSSR count). The van der Waals surface area contributed by atoms with E-state index in [9.17, 15) is 13.2 Å². The SMILES string of the molecule is COC(=O)C1CCCCC1S(=O)(=O)NCC1(N)CCCCCC1. The number of methoxy groups -OCH3 is 1. The largest absolute Gasteiger partial charge is 0.469 e. The molecule has 2 saturated carbocycles. The van der Waals surface area contributed by atoms with Gasteiger partial charge in [-0.3, -0.25) is 4.79 Å². The molecular weight excluding hydrogens is 316 g/mol. The molecule has 0 heterocycles. The molecule has 134 valence electrons. The van der Waals surface area contributed by atoms with E-state index in [4.69, 9.17) is 10.5 Å². The maximum atomic E-state index is 12.7. The van der Waals surface area contributed by atoms with Crippen LogP contribution in [0, 0.1) is 5.92 Å². The molecule has 0 spiro atoms. The third-order valence-electron chi connectivity index (χ3n) is 5.33. The number of sulfonamides is 1. The molecule has 0 aromatic heterocycles. The summed E-state index contributed by atoms with van der Waals surface area (Å²) in [7, 11) is -2.25. The predicted molar refractivity (Wildman–Crippen MR) is 89.3 cm³/mol. The van der Waals surface area contributed by atoms with Crippen molar-refractivity contribution in [1.82, 2.24) is 4.72 Å². The first-order chi connectivity index (χ1) is 10.9. The summed E-state index contributed by atoms with van der Waals surface area (Å²) < 4.78 is 32.9. The van der Waals surface area contributed by atoms with Gasteiger partial charge in [-0.05, 0) is 25.7 Å². The number of hydrogen-bond donors (Lipinski definition) is 2. The Morgan fingerprint density at radius 3 is 2.35 bits per heavy atom. The maximum absolute atomic E-state index is 12.7. The monoisotopic (exact) mass is 346 g/mol. The van der Waals surface area contributed by atoms with Gasteiger partial charge in [-0.15, -0.1) is 0 Å². The number of hydrogen-bond acceptors (Lipinski definition) is 5. The Hall–Kier alpha value is -0.660. The first-order valence-electron chi connectivity index (χ1n) is 8.73. The van der Waals surface area contributed by atoms with Gasteiger partial charge in [-0.1, -0.05) is 38.5 Å². The lowest BCUT2D eigenvalue weighted by Crippen LogP contribution is -2.53. The lowest BCUT2D eigenvalue weighted by molar-refractivity contribution is -0.146. The van der Waals surface area contributed by atoms with E-state index in [1.165, 1.54) is 20.0 Å². The van der Waals surface area contributed by atoms with Gasteiger partial charge in [0.1, 0.15) is 0 Å². The molecule has 6 nitrogen and oxygen atoms in total. The molecule has 2 unspecified atom stereocenters. The number of nitrogens with two attached hydrogens (primary N) is 1. The molecule has 0 aliphatic heterocycles. The number of nitrogens with one attached hydrogen (secondary N) is 1. The number of ether oxygens (including phenoxy) is 1. The Bertz CT molecular complexity index is 498. The second kappa shape index (κ2) is 7.94. The molecule has 2 atom stereocenters. The molecule has 3 N–H and O–H groups in total.